The molecule has 0 radical (unpaired) electrons. The summed E-state index contributed by atoms with van der Waals surface area (Å²) >= 11 is 0. The number of ether oxygens (including phenoxy) is 2. The molecule has 0 amide bonds. The van der Waals surface area contributed by atoms with Crippen LogP contribution in [0.25, 0.3) is 0 Å². The van der Waals surface area contributed by atoms with E-state index in [-0.39, 0.29) is 5.75 Å². The molecule has 0 spiro atoms. The highest BCUT2D eigenvalue weighted by Gasteiger charge is 2.22. The first kappa shape index (κ1) is 12.0. The molecule has 0 aliphatic carbocycles. The van der Waals surface area contributed by atoms with Crippen LogP contribution < -0.4 is 14.8 Å². The fourth-order valence-corrected chi connectivity index (χ4v) is 2.41. The van der Waals surface area contributed by atoms with Gasteiger partial charge in [0.1, 0.15) is 5.75 Å². The minimum atomic E-state index is 0.233. The maximum Gasteiger partial charge on any atom is 0.164 e. The highest BCUT2D eigenvalue weighted by Crippen LogP contribution is 2.41. The molecule has 1 aromatic carbocycles. The second kappa shape index (κ2) is 5.27. The van der Waals surface area contributed by atoms with Gasteiger partial charge in [-0.15, -0.1) is 0 Å². The van der Waals surface area contributed by atoms with Crippen molar-refractivity contribution in [2.75, 3.05) is 27.3 Å². The van der Waals surface area contributed by atoms with Crippen LogP contribution in [0.5, 0.6) is 17.2 Å². The van der Waals surface area contributed by atoms with Gasteiger partial charge in [0.25, 0.3) is 0 Å². The average Bonchev–Trinajstić information content (AvgIpc) is 2.38. The van der Waals surface area contributed by atoms with Crippen LogP contribution in [-0.2, 0) is 0 Å². The van der Waals surface area contributed by atoms with E-state index in [1.165, 1.54) is 0 Å². The number of hydrogen-bond acceptors (Lipinski definition) is 4. The van der Waals surface area contributed by atoms with Crippen LogP contribution in [0.2, 0.25) is 0 Å². The zero-order chi connectivity index (χ0) is 12.3. The molecule has 1 fully saturated rings. The Bertz CT molecular complexity index is 386. The first-order chi connectivity index (χ1) is 8.26. The third-order valence-electron chi connectivity index (χ3n) is 3.27. The second-order valence-electron chi connectivity index (χ2n) is 4.29. The van der Waals surface area contributed by atoms with E-state index in [0.717, 1.165) is 37.2 Å². The maximum absolute atomic E-state index is 9.72. The van der Waals surface area contributed by atoms with Crippen molar-refractivity contribution >= 4 is 0 Å². The van der Waals surface area contributed by atoms with Crippen molar-refractivity contribution in [2.24, 2.45) is 0 Å². The molecular weight excluding hydrogens is 218 g/mol. The molecule has 0 unspecified atom stereocenters. The second-order valence-corrected chi connectivity index (χ2v) is 4.29. The normalized spacial score (nSPS) is 16.8. The van der Waals surface area contributed by atoms with Crippen LogP contribution in [0.3, 0.4) is 0 Å². The van der Waals surface area contributed by atoms with Crippen LogP contribution in [-0.4, -0.2) is 32.4 Å². The molecule has 1 saturated heterocycles. The summed E-state index contributed by atoms with van der Waals surface area (Å²) in [6.07, 6.45) is 2.12. The Balaban J connectivity index is 2.39. The molecule has 0 aromatic heterocycles. The van der Waals surface area contributed by atoms with Crippen molar-refractivity contribution in [3.05, 3.63) is 17.7 Å². The minimum absolute atomic E-state index is 0.233. The van der Waals surface area contributed by atoms with Crippen LogP contribution >= 0.6 is 0 Å². The monoisotopic (exact) mass is 237 g/mol. The van der Waals surface area contributed by atoms with Gasteiger partial charge in [0.05, 0.1) is 14.2 Å². The van der Waals surface area contributed by atoms with E-state index in [1.807, 2.05) is 0 Å². The number of rotatable bonds is 3. The largest absolute Gasteiger partial charge is 0.508 e. The summed E-state index contributed by atoms with van der Waals surface area (Å²) in [5, 5.41) is 13.1. The highest BCUT2D eigenvalue weighted by molar-refractivity contribution is 5.53. The predicted molar refractivity (Wildman–Crippen MR) is 66.1 cm³/mol. The van der Waals surface area contributed by atoms with Crippen LogP contribution in [0.1, 0.15) is 24.3 Å². The molecule has 1 aromatic rings. The Kier molecular flexibility index (Phi) is 3.74. The van der Waals surface area contributed by atoms with Crippen LogP contribution in [0.4, 0.5) is 0 Å². The van der Waals surface area contributed by atoms with Crippen LogP contribution in [0, 0.1) is 0 Å². The van der Waals surface area contributed by atoms with Gasteiger partial charge in [0.2, 0.25) is 0 Å². The topological polar surface area (TPSA) is 50.7 Å². The van der Waals surface area contributed by atoms with E-state index in [1.54, 1.807) is 26.4 Å². The Morgan fingerprint density at radius 1 is 1.18 bits per heavy atom. The molecule has 4 heteroatoms. The number of nitrogens with one attached hydrogen (secondary N) is 1. The summed E-state index contributed by atoms with van der Waals surface area (Å²) in [6, 6.07) is 3.38. The smallest absolute Gasteiger partial charge is 0.164 e. The van der Waals surface area contributed by atoms with Crippen molar-refractivity contribution < 1.29 is 14.6 Å². The predicted octanol–water partition coefficient (Wildman–Crippen LogP) is 1.88. The molecule has 94 valence electrons. The lowest BCUT2D eigenvalue weighted by Crippen LogP contribution is -2.26. The standard InChI is InChI=1S/C13H19NO3/c1-16-12-8-10(15)7-11(13(12)17-2)9-3-5-14-6-4-9/h7-9,14-15H,3-6H2,1-2H3. The van der Waals surface area contributed by atoms with Gasteiger partial charge < -0.3 is 19.9 Å². The molecule has 1 aliphatic rings. The fourth-order valence-electron chi connectivity index (χ4n) is 2.41. The van der Waals surface area contributed by atoms with Crippen molar-refractivity contribution in [2.45, 2.75) is 18.8 Å². The number of piperidine rings is 1. The quantitative estimate of drug-likeness (QED) is 0.842. The number of benzene rings is 1. The molecule has 1 heterocycles. The van der Waals surface area contributed by atoms with Gasteiger partial charge in [0.15, 0.2) is 11.5 Å². The summed E-state index contributed by atoms with van der Waals surface area (Å²) in [7, 11) is 3.23. The van der Waals surface area contributed by atoms with E-state index < -0.39 is 0 Å². The molecule has 2 N–H and O–H groups in total. The van der Waals surface area contributed by atoms with E-state index in [0.29, 0.717) is 11.7 Å². The van der Waals surface area contributed by atoms with Gasteiger partial charge in [-0.2, -0.15) is 0 Å². The van der Waals surface area contributed by atoms with Gasteiger partial charge in [-0.25, -0.2) is 0 Å². The number of aromatic hydroxyl groups is 1. The van der Waals surface area contributed by atoms with Crippen LogP contribution in [0.15, 0.2) is 12.1 Å². The summed E-state index contributed by atoms with van der Waals surface area (Å²) < 4.78 is 10.7. The molecule has 1 aliphatic heterocycles. The average molecular weight is 237 g/mol. The third-order valence-corrected chi connectivity index (χ3v) is 3.27. The summed E-state index contributed by atoms with van der Waals surface area (Å²) in [4.78, 5) is 0. The fraction of sp³-hybridized carbons (Fsp3) is 0.538. The first-order valence-electron chi connectivity index (χ1n) is 5.92. The van der Waals surface area contributed by atoms with Gasteiger partial charge in [0, 0.05) is 11.6 Å². The summed E-state index contributed by atoms with van der Waals surface area (Å²) in [5.74, 6) is 2.00. The Morgan fingerprint density at radius 2 is 1.88 bits per heavy atom. The van der Waals surface area contributed by atoms with E-state index in [2.05, 4.69) is 5.32 Å². The van der Waals surface area contributed by atoms with Crippen molar-refractivity contribution in [3.8, 4) is 17.2 Å². The number of phenolic OH excluding ortho intramolecular Hbond substituents is 1. The lowest BCUT2D eigenvalue weighted by molar-refractivity contribution is 0.340. The number of hydrogen-bond donors (Lipinski definition) is 2. The first-order valence-corrected chi connectivity index (χ1v) is 5.92. The molecule has 0 atom stereocenters. The number of phenols is 1. The molecule has 0 saturated carbocycles. The van der Waals surface area contributed by atoms with Gasteiger partial charge >= 0.3 is 0 Å². The Morgan fingerprint density at radius 3 is 2.47 bits per heavy atom. The van der Waals surface area contributed by atoms with E-state index >= 15 is 0 Å². The van der Waals surface area contributed by atoms with Gasteiger partial charge in [-0.05, 0) is 37.9 Å². The molecule has 17 heavy (non-hydrogen) atoms. The maximum atomic E-state index is 9.72. The lowest BCUT2D eigenvalue weighted by atomic mass is 9.89. The van der Waals surface area contributed by atoms with Crippen molar-refractivity contribution in [1.82, 2.24) is 5.32 Å². The molecule has 2 rings (SSSR count). The van der Waals surface area contributed by atoms with Gasteiger partial charge in [-0.3, -0.25) is 0 Å². The zero-order valence-electron chi connectivity index (χ0n) is 10.3. The highest BCUT2D eigenvalue weighted by atomic mass is 16.5. The summed E-state index contributed by atoms with van der Waals surface area (Å²) in [6.45, 7) is 2.01. The van der Waals surface area contributed by atoms with E-state index in [9.17, 15) is 5.11 Å². The SMILES string of the molecule is COc1cc(O)cc(C2CCNCC2)c1OC. The zero-order valence-corrected chi connectivity index (χ0v) is 10.3. The summed E-state index contributed by atoms with van der Waals surface area (Å²) in [5.41, 5.74) is 1.05. The van der Waals surface area contributed by atoms with E-state index in [4.69, 9.17) is 9.47 Å². The van der Waals surface area contributed by atoms with Crippen molar-refractivity contribution in [1.29, 1.82) is 0 Å². The third kappa shape index (κ3) is 2.47. The molecule has 0 bridgehead atoms. The number of methoxy groups -OCH3 is 2. The Labute approximate surface area is 102 Å². The minimum Gasteiger partial charge on any atom is -0.508 e. The van der Waals surface area contributed by atoms with Gasteiger partial charge in [-0.1, -0.05) is 0 Å². The lowest BCUT2D eigenvalue weighted by Gasteiger charge is -2.25. The Hall–Kier alpha value is -1.42. The molecule has 4 nitrogen and oxygen atoms in total. The van der Waals surface area contributed by atoms with Crippen molar-refractivity contribution in [3.63, 3.8) is 0 Å². The molecular formula is C13H19NO3.